The molecule has 1 amide bonds. The summed E-state index contributed by atoms with van der Waals surface area (Å²) >= 11 is 0. The number of ether oxygens (including phenoxy) is 1. The molecule has 2 N–H and O–H groups in total. The van der Waals surface area contributed by atoms with Gasteiger partial charge in [-0.25, -0.2) is 4.79 Å². The zero-order valence-corrected chi connectivity index (χ0v) is 15.1. The number of rotatable bonds is 3. The van der Waals surface area contributed by atoms with Gasteiger partial charge in [0.1, 0.15) is 0 Å². The standard InChI is InChI=1S/C17H22N4O3.ClH/c1-11(2)24-17(23)21-14-8-4-3-7-13(14)15(20-21)19-16(22)12-6-5-9-18-10-12;/h3-4,7-8,11-12,18H,5-6,9-10H2,1-2H3,(H,19,20,22);1H/t12-;/m1./s1. The Hall–Kier alpha value is -2.12. The molecule has 0 aliphatic carbocycles. The molecule has 2 aromatic rings. The fourth-order valence-corrected chi connectivity index (χ4v) is 2.84. The number of piperidine rings is 1. The molecule has 1 aromatic carbocycles. The topological polar surface area (TPSA) is 85.2 Å². The number of anilines is 1. The molecule has 2 heterocycles. The molecule has 1 aliphatic rings. The highest BCUT2D eigenvalue weighted by Crippen LogP contribution is 2.24. The van der Waals surface area contributed by atoms with Crippen LogP contribution in [0.1, 0.15) is 26.7 Å². The normalized spacial score (nSPS) is 17.2. The molecule has 136 valence electrons. The van der Waals surface area contributed by atoms with E-state index in [-0.39, 0.29) is 30.3 Å². The van der Waals surface area contributed by atoms with Crippen LogP contribution in [0.3, 0.4) is 0 Å². The molecular weight excluding hydrogens is 344 g/mol. The van der Waals surface area contributed by atoms with Crippen molar-refractivity contribution in [2.75, 3.05) is 18.4 Å². The van der Waals surface area contributed by atoms with Gasteiger partial charge in [0, 0.05) is 11.9 Å². The quantitative estimate of drug-likeness (QED) is 0.872. The molecule has 0 unspecified atom stereocenters. The lowest BCUT2D eigenvalue weighted by molar-refractivity contribution is -0.120. The van der Waals surface area contributed by atoms with E-state index >= 15 is 0 Å². The first-order valence-electron chi connectivity index (χ1n) is 8.26. The highest BCUT2D eigenvalue weighted by atomic mass is 35.5. The Balaban J connectivity index is 0.00000225. The summed E-state index contributed by atoms with van der Waals surface area (Å²) in [6.07, 6.45) is 1.04. The summed E-state index contributed by atoms with van der Waals surface area (Å²) in [5, 5.41) is 11.1. The van der Waals surface area contributed by atoms with Crippen molar-refractivity contribution in [3.63, 3.8) is 0 Å². The number of benzene rings is 1. The predicted molar refractivity (Wildman–Crippen MR) is 98.2 cm³/mol. The molecule has 1 aliphatic heterocycles. The number of para-hydroxylation sites is 1. The minimum Gasteiger partial charge on any atom is -0.445 e. The number of aromatic nitrogens is 2. The highest BCUT2D eigenvalue weighted by Gasteiger charge is 2.24. The number of carbonyl (C=O) groups excluding carboxylic acids is 2. The lowest BCUT2D eigenvalue weighted by Gasteiger charge is -2.21. The van der Waals surface area contributed by atoms with Crippen molar-refractivity contribution in [3.05, 3.63) is 24.3 Å². The van der Waals surface area contributed by atoms with Crippen LogP contribution in [0.5, 0.6) is 0 Å². The fourth-order valence-electron chi connectivity index (χ4n) is 2.84. The number of nitrogens with one attached hydrogen (secondary N) is 2. The van der Waals surface area contributed by atoms with E-state index in [0.29, 0.717) is 17.9 Å². The number of nitrogens with zero attached hydrogens (tertiary/aromatic N) is 2. The van der Waals surface area contributed by atoms with Gasteiger partial charge in [0.2, 0.25) is 5.91 Å². The second-order valence-corrected chi connectivity index (χ2v) is 6.24. The minimum absolute atomic E-state index is 0. The molecular formula is C17H23ClN4O3. The third-order valence-electron chi connectivity index (χ3n) is 4.01. The number of fused-ring (bicyclic) bond motifs is 1. The summed E-state index contributed by atoms with van der Waals surface area (Å²) in [6, 6.07) is 7.28. The average molecular weight is 367 g/mol. The van der Waals surface area contributed by atoms with E-state index in [1.807, 2.05) is 18.2 Å². The van der Waals surface area contributed by atoms with Gasteiger partial charge in [-0.3, -0.25) is 4.79 Å². The Morgan fingerprint density at radius 1 is 1.36 bits per heavy atom. The van der Waals surface area contributed by atoms with Gasteiger partial charge in [0.15, 0.2) is 5.82 Å². The van der Waals surface area contributed by atoms with Crippen LogP contribution >= 0.6 is 12.4 Å². The molecule has 0 saturated carbocycles. The first-order chi connectivity index (χ1) is 11.6. The summed E-state index contributed by atoms with van der Waals surface area (Å²) in [5.74, 6) is 0.238. The maximum atomic E-state index is 12.5. The summed E-state index contributed by atoms with van der Waals surface area (Å²) in [5.41, 5.74) is 0.611. The Labute approximate surface area is 152 Å². The average Bonchev–Trinajstić information content (AvgIpc) is 2.94. The smallest absolute Gasteiger partial charge is 0.435 e. The molecule has 0 bridgehead atoms. The van der Waals surface area contributed by atoms with Crippen molar-refractivity contribution < 1.29 is 14.3 Å². The lowest BCUT2D eigenvalue weighted by atomic mass is 9.99. The van der Waals surface area contributed by atoms with Gasteiger partial charge in [-0.15, -0.1) is 17.5 Å². The molecule has 25 heavy (non-hydrogen) atoms. The number of amides is 1. The van der Waals surface area contributed by atoms with Crippen LogP contribution in [0, 0.1) is 5.92 Å². The fraction of sp³-hybridized carbons (Fsp3) is 0.471. The largest absolute Gasteiger partial charge is 0.445 e. The van der Waals surface area contributed by atoms with E-state index in [9.17, 15) is 9.59 Å². The van der Waals surface area contributed by atoms with Gasteiger partial charge in [-0.2, -0.15) is 4.68 Å². The third-order valence-corrected chi connectivity index (χ3v) is 4.01. The molecule has 3 rings (SSSR count). The summed E-state index contributed by atoms with van der Waals surface area (Å²) in [4.78, 5) is 24.7. The Kier molecular flexibility index (Phi) is 6.39. The summed E-state index contributed by atoms with van der Waals surface area (Å²) < 4.78 is 6.42. The molecule has 1 aromatic heterocycles. The zero-order chi connectivity index (χ0) is 17.1. The maximum Gasteiger partial charge on any atom is 0.435 e. The van der Waals surface area contributed by atoms with Gasteiger partial charge < -0.3 is 15.4 Å². The van der Waals surface area contributed by atoms with Crippen LogP contribution in [0.25, 0.3) is 10.9 Å². The number of hydrogen-bond acceptors (Lipinski definition) is 5. The first-order valence-corrected chi connectivity index (χ1v) is 8.26. The lowest BCUT2D eigenvalue weighted by Crippen LogP contribution is -2.37. The van der Waals surface area contributed by atoms with Crippen LogP contribution in [0.2, 0.25) is 0 Å². The van der Waals surface area contributed by atoms with E-state index in [4.69, 9.17) is 4.74 Å². The second-order valence-electron chi connectivity index (χ2n) is 6.24. The van der Waals surface area contributed by atoms with E-state index in [0.717, 1.165) is 24.8 Å². The second kappa shape index (κ2) is 8.31. The monoisotopic (exact) mass is 366 g/mol. The molecule has 1 saturated heterocycles. The first kappa shape index (κ1) is 19.2. The van der Waals surface area contributed by atoms with Gasteiger partial charge in [0.25, 0.3) is 0 Å². The number of carbonyl (C=O) groups is 2. The third kappa shape index (κ3) is 4.29. The summed E-state index contributed by atoms with van der Waals surface area (Å²) in [6.45, 7) is 5.17. The summed E-state index contributed by atoms with van der Waals surface area (Å²) in [7, 11) is 0. The van der Waals surface area contributed by atoms with Crippen LogP contribution in [-0.4, -0.2) is 41.0 Å². The Morgan fingerprint density at radius 2 is 2.12 bits per heavy atom. The molecule has 7 nitrogen and oxygen atoms in total. The predicted octanol–water partition coefficient (Wildman–Crippen LogP) is 2.79. The molecule has 0 radical (unpaired) electrons. The van der Waals surface area contributed by atoms with Crippen molar-refractivity contribution in [1.29, 1.82) is 0 Å². The van der Waals surface area contributed by atoms with E-state index in [2.05, 4.69) is 15.7 Å². The van der Waals surface area contributed by atoms with Crippen LogP contribution in [0.15, 0.2) is 24.3 Å². The van der Waals surface area contributed by atoms with Gasteiger partial charge in [0.05, 0.1) is 17.5 Å². The SMILES string of the molecule is CC(C)OC(=O)n1nc(NC(=O)[C@@H]2CCCNC2)c2ccccc21.Cl. The molecule has 1 atom stereocenters. The van der Waals surface area contributed by atoms with Crippen molar-refractivity contribution in [1.82, 2.24) is 15.1 Å². The van der Waals surface area contributed by atoms with E-state index in [1.54, 1.807) is 19.9 Å². The van der Waals surface area contributed by atoms with Crippen molar-refractivity contribution in [2.45, 2.75) is 32.8 Å². The number of hydrogen-bond donors (Lipinski definition) is 2. The van der Waals surface area contributed by atoms with E-state index < -0.39 is 6.09 Å². The van der Waals surface area contributed by atoms with Crippen molar-refractivity contribution in [2.24, 2.45) is 5.92 Å². The highest BCUT2D eigenvalue weighted by molar-refractivity contribution is 6.02. The van der Waals surface area contributed by atoms with Gasteiger partial charge >= 0.3 is 6.09 Å². The Morgan fingerprint density at radius 3 is 2.80 bits per heavy atom. The Bertz CT molecular complexity index is 753. The molecule has 8 heteroatoms. The molecule has 0 spiro atoms. The van der Waals surface area contributed by atoms with Gasteiger partial charge in [-0.05, 0) is 45.4 Å². The molecule has 1 fully saturated rings. The van der Waals surface area contributed by atoms with Crippen LogP contribution in [-0.2, 0) is 9.53 Å². The van der Waals surface area contributed by atoms with Crippen molar-refractivity contribution in [3.8, 4) is 0 Å². The van der Waals surface area contributed by atoms with E-state index in [1.165, 1.54) is 4.68 Å². The van der Waals surface area contributed by atoms with Gasteiger partial charge in [-0.1, -0.05) is 12.1 Å². The van der Waals surface area contributed by atoms with Crippen LogP contribution in [0.4, 0.5) is 10.6 Å². The number of halogens is 1. The minimum atomic E-state index is -0.555. The van der Waals surface area contributed by atoms with Crippen molar-refractivity contribution >= 4 is 41.1 Å². The van der Waals surface area contributed by atoms with Crippen LogP contribution < -0.4 is 10.6 Å². The zero-order valence-electron chi connectivity index (χ0n) is 14.3. The maximum absolute atomic E-state index is 12.5.